The van der Waals surface area contributed by atoms with Gasteiger partial charge in [0, 0.05) is 16.5 Å². The second kappa shape index (κ2) is 6.36. The molecule has 0 aliphatic carbocycles. The normalized spacial score (nSPS) is 10.8. The van der Waals surface area contributed by atoms with Gasteiger partial charge in [-0.2, -0.15) is 0 Å². The molecular formula is C18H19BrO. The molecule has 0 aromatic heterocycles. The van der Waals surface area contributed by atoms with Crippen LogP contribution in [0.25, 0.3) is 0 Å². The van der Waals surface area contributed by atoms with Crippen molar-refractivity contribution in [2.24, 2.45) is 0 Å². The molecule has 2 aromatic rings. The molecule has 0 aliphatic heterocycles. The van der Waals surface area contributed by atoms with Gasteiger partial charge >= 0.3 is 0 Å². The van der Waals surface area contributed by atoms with E-state index in [1.54, 1.807) is 0 Å². The maximum Gasteiger partial charge on any atom is 0.167 e. The largest absolute Gasteiger partial charge is 0.294 e. The monoisotopic (exact) mass is 330 g/mol. The Bertz CT molecular complexity index is 612. The number of halogens is 1. The highest BCUT2D eigenvalue weighted by molar-refractivity contribution is 9.10. The Kier molecular flexibility index (Phi) is 4.77. The first-order chi connectivity index (χ1) is 9.47. The molecule has 0 fully saturated rings. The lowest BCUT2D eigenvalue weighted by molar-refractivity contribution is 0.0992. The minimum Gasteiger partial charge on any atom is -0.294 e. The summed E-state index contributed by atoms with van der Waals surface area (Å²) in [6.45, 7) is 6.32. The Labute approximate surface area is 129 Å². The molecule has 0 radical (unpaired) electrons. The van der Waals surface area contributed by atoms with Gasteiger partial charge in [0.15, 0.2) is 5.78 Å². The highest BCUT2D eigenvalue weighted by Gasteiger charge is 2.10. The fraction of sp³-hybridized carbons (Fsp3) is 0.278. The summed E-state index contributed by atoms with van der Waals surface area (Å²) in [5.74, 6) is 0.688. The molecule has 0 spiro atoms. The van der Waals surface area contributed by atoms with Gasteiger partial charge in [0.05, 0.1) is 0 Å². The first-order valence-corrected chi connectivity index (χ1v) is 7.65. The molecule has 2 aromatic carbocycles. The Balaban J connectivity index is 2.17. The number of carbonyl (C=O) groups is 1. The van der Waals surface area contributed by atoms with Gasteiger partial charge in [0.1, 0.15) is 0 Å². The molecule has 0 amide bonds. The standard InChI is InChI=1S/C18H19BrO/c1-12(2)15-7-5-14(6-8-15)10-18(20)17-11-16(19)9-4-13(17)3/h4-9,11-12H,10H2,1-3H3. The molecule has 0 N–H and O–H groups in total. The first kappa shape index (κ1) is 15.0. The molecule has 0 unspecified atom stereocenters. The number of aryl methyl sites for hydroxylation is 1. The van der Waals surface area contributed by atoms with E-state index in [1.165, 1.54) is 5.56 Å². The van der Waals surface area contributed by atoms with E-state index in [1.807, 2.05) is 25.1 Å². The number of hydrogen-bond donors (Lipinski definition) is 0. The summed E-state index contributed by atoms with van der Waals surface area (Å²) in [5, 5.41) is 0. The number of hydrogen-bond acceptors (Lipinski definition) is 1. The van der Waals surface area contributed by atoms with Crippen molar-refractivity contribution < 1.29 is 4.79 Å². The van der Waals surface area contributed by atoms with Crippen LogP contribution in [0.2, 0.25) is 0 Å². The third kappa shape index (κ3) is 3.57. The van der Waals surface area contributed by atoms with E-state index in [0.29, 0.717) is 12.3 Å². The van der Waals surface area contributed by atoms with Crippen LogP contribution in [0.3, 0.4) is 0 Å². The number of Topliss-reactive ketones (excluding diaryl/α,β-unsaturated/α-hetero) is 1. The zero-order chi connectivity index (χ0) is 14.7. The predicted octanol–water partition coefficient (Wildman–Crippen LogP) is 5.31. The number of benzene rings is 2. The Morgan fingerprint density at radius 2 is 1.75 bits per heavy atom. The van der Waals surface area contributed by atoms with Gasteiger partial charge in [-0.15, -0.1) is 0 Å². The van der Waals surface area contributed by atoms with Crippen molar-refractivity contribution in [3.05, 3.63) is 69.2 Å². The van der Waals surface area contributed by atoms with Gasteiger partial charge in [-0.05, 0) is 41.7 Å². The maximum absolute atomic E-state index is 12.4. The Hall–Kier alpha value is -1.41. The predicted molar refractivity (Wildman–Crippen MR) is 87.4 cm³/mol. The maximum atomic E-state index is 12.4. The third-order valence-electron chi connectivity index (χ3n) is 3.51. The summed E-state index contributed by atoms with van der Waals surface area (Å²) in [7, 11) is 0. The van der Waals surface area contributed by atoms with Gasteiger partial charge in [0.25, 0.3) is 0 Å². The van der Waals surface area contributed by atoms with Crippen molar-refractivity contribution in [3.63, 3.8) is 0 Å². The molecule has 0 aliphatic rings. The molecule has 2 rings (SSSR count). The van der Waals surface area contributed by atoms with Gasteiger partial charge < -0.3 is 0 Å². The smallest absolute Gasteiger partial charge is 0.167 e. The minimum absolute atomic E-state index is 0.168. The second-order valence-electron chi connectivity index (χ2n) is 5.46. The zero-order valence-corrected chi connectivity index (χ0v) is 13.7. The summed E-state index contributed by atoms with van der Waals surface area (Å²) in [6, 6.07) is 14.2. The van der Waals surface area contributed by atoms with Crippen molar-refractivity contribution in [1.82, 2.24) is 0 Å². The van der Waals surface area contributed by atoms with E-state index >= 15 is 0 Å². The highest BCUT2D eigenvalue weighted by atomic mass is 79.9. The van der Waals surface area contributed by atoms with E-state index < -0.39 is 0 Å². The molecule has 0 atom stereocenters. The van der Waals surface area contributed by atoms with Gasteiger partial charge in [-0.1, -0.05) is 60.1 Å². The molecule has 0 saturated heterocycles. The van der Waals surface area contributed by atoms with Crippen LogP contribution in [0.5, 0.6) is 0 Å². The van der Waals surface area contributed by atoms with Crippen LogP contribution in [0.1, 0.15) is 46.8 Å². The van der Waals surface area contributed by atoms with E-state index in [4.69, 9.17) is 0 Å². The molecule has 1 nitrogen and oxygen atoms in total. The van der Waals surface area contributed by atoms with Crippen LogP contribution in [-0.2, 0) is 6.42 Å². The highest BCUT2D eigenvalue weighted by Crippen LogP contribution is 2.19. The van der Waals surface area contributed by atoms with Crippen molar-refractivity contribution >= 4 is 21.7 Å². The topological polar surface area (TPSA) is 17.1 Å². The molecule has 0 heterocycles. The lowest BCUT2D eigenvalue weighted by Crippen LogP contribution is -2.06. The fourth-order valence-electron chi connectivity index (χ4n) is 2.20. The number of ketones is 1. The van der Waals surface area contributed by atoms with Crippen LogP contribution >= 0.6 is 15.9 Å². The molecule has 0 bridgehead atoms. The second-order valence-corrected chi connectivity index (χ2v) is 6.37. The summed E-state index contributed by atoms with van der Waals surface area (Å²) < 4.78 is 0.946. The molecule has 20 heavy (non-hydrogen) atoms. The quantitative estimate of drug-likeness (QED) is 0.694. The summed E-state index contributed by atoms with van der Waals surface area (Å²) >= 11 is 3.42. The summed E-state index contributed by atoms with van der Waals surface area (Å²) in [4.78, 5) is 12.4. The SMILES string of the molecule is Cc1ccc(Br)cc1C(=O)Cc1ccc(C(C)C)cc1. The van der Waals surface area contributed by atoms with Crippen molar-refractivity contribution in [2.45, 2.75) is 33.1 Å². The van der Waals surface area contributed by atoms with E-state index in [0.717, 1.165) is 21.2 Å². The number of rotatable bonds is 4. The third-order valence-corrected chi connectivity index (χ3v) is 4.00. The average Bonchev–Trinajstić information content (AvgIpc) is 2.42. The van der Waals surface area contributed by atoms with E-state index in [-0.39, 0.29) is 5.78 Å². The van der Waals surface area contributed by atoms with E-state index in [9.17, 15) is 4.79 Å². The Morgan fingerprint density at radius 3 is 2.35 bits per heavy atom. The molecule has 2 heteroatoms. The first-order valence-electron chi connectivity index (χ1n) is 6.85. The van der Waals surface area contributed by atoms with Crippen molar-refractivity contribution in [1.29, 1.82) is 0 Å². The van der Waals surface area contributed by atoms with Gasteiger partial charge in [-0.25, -0.2) is 0 Å². The minimum atomic E-state index is 0.168. The molecular weight excluding hydrogens is 312 g/mol. The van der Waals surface area contributed by atoms with E-state index in [2.05, 4.69) is 54.0 Å². The fourth-order valence-corrected chi connectivity index (χ4v) is 2.56. The van der Waals surface area contributed by atoms with Crippen molar-refractivity contribution in [2.75, 3.05) is 0 Å². The Morgan fingerprint density at radius 1 is 1.10 bits per heavy atom. The van der Waals surface area contributed by atoms with Gasteiger partial charge in [-0.3, -0.25) is 4.79 Å². The van der Waals surface area contributed by atoms with Crippen LogP contribution < -0.4 is 0 Å². The van der Waals surface area contributed by atoms with Crippen LogP contribution in [0.4, 0.5) is 0 Å². The van der Waals surface area contributed by atoms with Crippen LogP contribution in [-0.4, -0.2) is 5.78 Å². The van der Waals surface area contributed by atoms with Crippen LogP contribution in [0.15, 0.2) is 46.9 Å². The zero-order valence-electron chi connectivity index (χ0n) is 12.1. The van der Waals surface area contributed by atoms with Crippen LogP contribution in [0, 0.1) is 6.92 Å². The van der Waals surface area contributed by atoms with Gasteiger partial charge in [0.2, 0.25) is 0 Å². The lowest BCUT2D eigenvalue weighted by atomic mass is 9.97. The molecule has 0 saturated carbocycles. The van der Waals surface area contributed by atoms with Crippen molar-refractivity contribution in [3.8, 4) is 0 Å². The summed E-state index contributed by atoms with van der Waals surface area (Å²) in [5.41, 5.74) is 4.20. The number of carbonyl (C=O) groups excluding carboxylic acids is 1. The molecule has 104 valence electrons. The average molecular weight is 331 g/mol. The summed E-state index contributed by atoms with van der Waals surface area (Å²) in [6.07, 6.45) is 0.454. The lowest BCUT2D eigenvalue weighted by Gasteiger charge is -2.08.